The molecule has 0 spiro atoms. The lowest BCUT2D eigenvalue weighted by molar-refractivity contribution is 0.400. The van der Waals surface area contributed by atoms with Crippen molar-refractivity contribution in [2.75, 3.05) is 13.7 Å². The molecule has 1 N–H and O–H groups in total. The third-order valence-electron chi connectivity index (χ3n) is 3.19. The van der Waals surface area contributed by atoms with Crippen molar-refractivity contribution in [2.45, 2.75) is 17.7 Å². The Balaban J connectivity index is 1.98. The topological polar surface area (TPSA) is 55.4 Å². The molecule has 0 saturated heterocycles. The number of benzene rings is 2. The fourth-order valence-electron chi connectivity index (χ4n) is 2.08. The van der Waals surface area contributed by atoms with Crippen molar-refractivity contribution in [1.82, 2.24) is 4.72 Å². The molecule has 118 valence electrons. The molecule has 22 heavy (non-hydrogen) atoms. The molecular weight excluding hydrogens is 305 g/mol. The average Bonchev–Trinajstić information content (AvgIpc) is 2.52. The number of methoxy groups -OCH3 is 1. The number of ether oxygens (including phenoxy) is 1. The van der Waals surface area contributed by atoms with Gasteiger partial charge in [-0.3, -0.25) is 0 Å². The van der Waals surface area contributed by atoms with E-state index in [1.165, 1.54) is 13.2 Å². The average molecular weight is 323 g/mol. The van der Waals surface area contributed by atoms with Gasteiger partial charge in [-0.1, -0.05) is 30.3 Å². The highest BCUT2D eigenvalue weighted by molar-refractivity contribution is 7.89. The van der Waals surface area contributed by atoms with E-state index in [1.54, 1.807) is 0 Å². The van der Waals surface area contributed by atoms with Crippen LogP contribution in [0.1, 0.15) is 12.0 Å². The van der Waals surface area contributed by atoms with Crippen LogP contribution in [0.5, 0.6) is 5.75 Å². The SMILES string of the molecule is COc1ccc(F)cc1S(=O)(=O)NCCCc1ccccc1. The molecule has 0 aliphatic rings. The second-order valence-electron chi connectivity index (χ2n) is 4.78. The number of aryl methyl sites for hydroxylation is 1. The normalized spacial score (nSPS) is 11.4. The summed E-state index contributed by atoms with van der Waals surface area (Å²) in [4.78, 5) is -0.185. The summed E-state index contributed by atoms with van der Waals surface area (Å²) < 4.78 is 45.2. The van der Waals surface area contributed by atoms with Crippen molar-refractivity contribution in [2.24, 2.45) is 0 Å². The number of hydrogen-bond acceptors (Lipinski definition) is 3. The van der Waals surface area contributed by atoms with Gasteiger partial charge in [-0.2, -0.15) is 0 Å². The maximum absolute atomic E-state index is 13.3. The lowest BCUT2D eigenvalue weighted by atomic mass is 10.1. The van der Waals surface area contributed by atoms with Gasteiger partial charge < -0.3 is 4.74 Å². The van der Waals surface area contributed by atoms with Gasteiger partial charge in [-0.15, -0.1) is 0 Å². The second-order valence-corrected chi connectivity index (χ2v) is 6.52. The molecule has 0 aromatic heterocycles. The Kier molecular flexibility index (Phi) is 5.51. The van der Waals surface area contributed by atoms with Gasteiger partial charge >= 0.3 is 0 Å². The van der Waals surface area contributed by atoms with Gasteiger partial charge in [-0.05, 0) is 36.6 Å². The highest BCUT2D eigenvalue weighted by Gasteiger charge is 2.19. The monoisotopic (exact) mass is 323 g/mol. The fraction of sp³-hybridized carbons (Fsp3) is 0.250. The zero-order valence-corrected chi connectivity index (χ0v) is 13.1. The van der Waals surface area contributed by atoms with Crippen molar-refractivity contribution in [3.63, 3.8) is 0 Å². The fourth-order valence-corrected chi connectivity index (χ4v) is 3.33. The van der Waals surface area contributed by atoms with Crippen LogP contribution in [0.25, 0.3) is 0 Å². The van der Waals surface area contributed by atoms with Crippen LogP contribution in [-0.4, -0.2) is 22.1 Å². The standard InChI is InChI=1S/C16H18FNO3S/c1-21-15-10-9-14(17)12-16(15)22(19,20)18-11-5-8-13-6-3-2-4-7-13/h2-4,6-7,9-10,12,18H,5,8,11H2,1H3. The third-order valence-corrected chi connectivity index (χ3v) is 4.67. The van der Waals surface area contributed by atoms with Gasteiger partial charge in [0.05, 0.1) is 7.11 Å². The van der Waals surface area contributed by atoms with Gasteiger partial charge in [0.25, 0.3) is 0 Å². The zero-order chi connectivity index (χ0) is 16.0. The molecule has 0 fully saturated rings. The summed E-state index contributed by atoms with van der Waals surface area (Å²) in [6, 6.07) is 13.2. The van der Waals surface area contributed by atoms with Crippen LogP contribution in [0.4, 0.5) is 4.39 Å². The van der Waals surface area contributed by atoms with Crippen molar-refractivity contribution >= 4 is 10.0 Å². The first-order valence-electron chi connectivity index (χ1n) is 6.90. The molecule has 0 atom stereocenters. The van der Waals surface area contributed by atoms with Gasteiger partial charge in [-0.25, -0.2) is 17.5 Å². The Morgan fingerprint density at radius 3 is 2.55 bits per heavy atom. The first kappa shape index (κ1) is 16.5. The summed E-state index contributed by atoms with van der Waals surface area (Å²) in [5, 5.41) is 0. The molecule has 0 aliphatic carbocycles. The third kappa shape index (κ3) is 4.29. The predicted molar refractivity (Wildman–Crippen MR) is 82.9 cm³/mol. The number of nitrogens with one attached hydrogen (secondary N) is 1. The minimum atomic E-state index is -3.79. The summed E-state index contributed by atoms with van der Waals surface area (Å²) in [6.45, 7) is 0.275. The van der Waals surface area contributed by atoms with Gasteiger partial charge in [0.15, 0.2) is 0 Å². The Morgan fingerprint density at radius 1 is 1.14 bits per heavy atom. The highest BCUT2D eigenvalue weighted by Crippen LogP contribution is 2.24. The Hall–Kier alpha value is -1.92. The molecule has 4 nitrogen and oxygen atoms in total. The van der Waals surface area contributed by atoms with E-state index in [4.69, 9.17) is 4.74 Å². The lowest BCUT2D eigenvalue weighted by Gasteiger charge is -2.10. The molecule has 2 rings (SSSR count). The number of sulfonamides is 1. The first-order valence-corrected chi connectivity index (χ1v) is 8.38. The van der Waals surface area contributed by atoms with E-state index in [1.807, 2.05) is 30.3 Å². The first-order chi connectivity index (χ1) is 10.5. The van der Waals surface area contributed by atoms with Crippen LogP contribution in [0, 0.1) is 5.82 Å². The minimum Gasteiger partial charge on any atom is -0.495 e. The highest BCUT2D eigenvalue weighted by atomic mass is 32.2. The Labute approximate surface area is 130 Å². The second kappa shape index (κ2) is 7.38. The number of halogens is 1. The van der Waals surface area contributed by atoms with Crippen LogP contribution in [0.3, 0.4) is 0 Å². The van der Waals surface area contributed by atoms with E-state index >= 15 is 0 Å². The van der Waals surface area contributed by atoms with E-state index in [2.05, 4.69) is 4.72 Å². The van der Waals surface area contributed by atoms with Crippen molar-refractivity contribution < 1.29 is 17.5 Å². The molecule has 2 aromatic rings. The van der Waals surface area contributed by atoms with Crippen LogP contribution >= 0.6 is 0 Å². The van der Waals surface area contributed by atoms with Crippen LogP contribution in [0.15, 0.2) is 53.4 Å². The van der Waals surface area contributed by atoms with Crippen molar-refractivity contribution in [3.05, 3.63) is 59.9 Å². The van der Waals surface area contributed by atoms with Gasteiger partial charge in [0, 0.05) is 6.54 Å². The summed E-state index contributed by atoms with van der Waals surface area (Å²) in [5.74, 6) is -0.498. The maximum Gasteiger partial charge on any atom is 0.244 e. The molecule has 2 aromatic carbocycles. The van der Waals surface area contributed by atoms with E-state index in [0.29, 0.717) is 6.42 Å². The maximum atomic E-state index is 13.3. The summed E-state index contributed by atoms with van der Waals surface area (Å²) in [7, 11) is -2.45. The van der Waals surface area contributed by atoms with E-state index in [0.717, 1.165) is 24.1 Å². The smallest absolute Gasteiger partial charge is 0.244 e. The van der Waals surface area contributed by atoms with Gasteiger partial charge in [0.1, 0.15) is 16.5 Å². The van der Waals surface area contributed by atoms with Crippen LogP contribution in [-0.2, 0) is 16.4 Å². The quantitative estimate of drug-likeness (QED) is 0.797. The van der Waals surface area contributed by atoms with E-state index < -0.39 is 15.8 Å². The molecule has 6 heteroatoms. The summed E-state index contributed by atoms with van der Waals surface area (Å²) in [6.07, 6.45) is 1.42. The molecule has 0 saturated carbocycles. The van der Waals surface area contributed by atoms with Crippen molar-refractivity contribution in [3.8, 4) is 5.75 Å². The number of rotatable bonds is 7. The zero-order valence-electron chi connectivity index (χ0n) is 12.3. The van der Waals surface area contributed by atoms with E-state index in [-0.39, 0.29) is 17.2 Å². The van der Waals surface area contributed by atoms with Crippen LogP contribution < -0.4 is 9.46 Å². The molecule has 0 unspecified atom stereocenters. The molecule has 0 amide bonds. The molecule has 0 radical (unpaired) electrons. The lowest BCUT2D eigenvalue weighted by Crippen LogP contribution is -2.25. The van der Waals surface area contributed by atoms with E-state index in [9.17, 15) is 12.8 Å². The summed E-state index contributed by atoms with van der Waals surface area (Å²) >= 11 is 0. The van der Waals surface area contributed by atoms with Crippen molar-refractivity contribution in [1.29, 1.82) is 0 Å². The Morgan fingerprint density at radius 2 is 1.86 bits per heavy atom. The predicted octanol–water partition coefficient (Wildman–Crippen LogP) is 2.75. The molecule has 0 bridgehead atoms. The largest absolute Gasteiger partial charge is 0.495 e. The minimum absolute atomic E-state index is 0.122. The van der Waals surface area contributed by atoms with Crippen LogP contribution in [0.2, 0.25) is 0 Å². The number of hydrogen-bond donors (Lipinski definition) is 1. The summed E-state index contributed by atoms with van der Waals surface area (Å²) in [5.41, 5.74) is 1.14. The molecule has 0 aliphatic heterocycles. The molecular formula is C16H18FNO3S. The van der Waals surface area contributed by atoms with Gasteiger partial charge in [0.2, 0.25) is 10.0 Å². The molecule has 0 heterocycles. The Bertz CT molecular complexity index is 717.